The van der Waals surface area contributed by atoms with Crippen LogP contribution in [0.25, 0.3) is 0 Å². The number of hydrogen-bond donors (Lipinski definition) is 3. The molecule has 0 radical (unpaired) electrons. The molecule has 12 nitrogen and oxygen atoms in total. The quantitative estimate of drug-likeness (QED) is 0.235. The third-order valence-electron chi connectivity index (χ3n) is 4.90. The number of aromatic hydroxyl groups is 1. The van der Waals surface area contributed by atoms with Crippen molar-refractivity contribution in [1.29, 1.82) is 0 Å². The van der Waals surface area contributed by atoms with E-state index < -0.39 is 16.4 Å². The maximum absolute atomic E-state index is 11.0. The van der Waals surface area contributed by atoms with E-state index >= 15 is 0 Å². The van der Waals surface area contributed by atoms with E-state index in [4.69, 9.17) is 4.74 Å². The van der Waals surface area contributed by atoms with E-state index in [9.17, 15) is 15.2 Å². The fraction of sp³-hybridized carbons (Fsp3) is 0.238. The highest BCUT2D eigenvalue weighted by Crippen LogP contribution is 2.28. The monoisotopic (exact) mass is 528 g/mol. The summed E-state index contributed by atoms with van der Waals surface area (Å²) in [5, 5.41) is 28.3. The average molecular weight is 529 g/mol. The molecule has 1 fully saturated rings. The Bertz CT molecular complexity index is 1230. The lowest BCUT2D eigenvalue weighted by Crippen LogP contribution is -2.37. The fourth-order valence-corrected chi connectivity index (χ4v) is 3.77. The number of nitrogens with zero attached hydrogens (tertiary/aromatic N) is 6. The number of hydrazone groups is 1. The molecule has 0 atom stereocenters. The number of hydrogen-bond acceptors (Lipinski definition) is 11. The number of nitro groups is 1. The third kappa shape index (κ3) is 5.55. The average Bonchev–Trinajstić information content (AvgIpc) is 2.82. The van der Waals surface area contributed by atoms with E-state index in [0.717, 1.165) is 15.7 Å². The summed E-state index contributed by atoms with van der Waals surface area (Å²) >= 11 is 3.54. The number of ether oxygens (including phenoxy) is 1. The van der Waals surface area contributed by atoms with Crippen LogP contribution in [0.2, 0.25) is 0 Å². The summed E-state index contributed by atoms with van der Waals surface area (Å²) in [6.07, 6.45) is 1.25. The summed E-state index contributed by atoms with van der Waals surface area (Å²) in [6, 6.07) is 10.0. The Labute approximate surface area is 203 Å². The second-order valence-corrected chi connectivity index (χ2v) is 8.19. The topological polar surface area (TPSA) is 151 Å². The second-order valence-electron chi connectivity index (χ2n) is 7.33. The van der Waals surface area contributed by atoms with E-state index in [1.54, 1.807) is 0 Å². The number of phenols is 1. The number of nitrogens with one attached hydrogen (secondary N) is 2. The van der Waals surface area contributed by atoms with Gasteiger partial charge in [-0.1, -0.05) is 12.1 Å². The zero-order valence-electron chi connectivity index (χ0n) is 18.1. The number of anilines is 4. The largest absolute Gasteiger partial charge is 0.502 e. The minimum Gasteiger partial charge on any atom is -0.502 e. The van der Waals surface area contributed by atoms with Crippen molar-refractivity contribution in [3.05, 3.63) is 62.1 Å². The van der Waals surface area contributed by atoms with Crippen LogP contribution in [0.1, 0.15) is 11.1 Å². The first-order valence-electron chi connectivity index (χ1n) is 10.3. The molecule has 13 heteroatoms. The number of rotatable bonds is 7. The smallest absolute Gasteiger partial charge is 0.311 e. The molecular formula is C21H21BrN8O4. The van der Waals surface area contributed by atoms with Gasteiger partial charge in [0.15, 0.2) is 0 Å². The fourth-order valence-electron chi connectivity index (χ4n) is 3.18. The molecule has 1 aliphatic rings. The van der Waals surface area contributed by atoms with Crippen LogP contribution in [0.4, 0.5) is 29.2 Å². The van der Waals surface area contributed by atoms with Crippen molar-refractivity contribution in [3.63, 3.8) is 0 Å². The highest BCUT2D eigenvalue weighted by atomic mass is 79.9. The SMILES string of the molecule is Cc1ccc(Nc2nc(NN=Cc3cccc([N+](=O)[O-])c3O)nc(N3CCOCC3)n2)c(Br)c1. The van der Waals surface area contributed by atoms with Crippen LogP contribution in [0.5, 0.6) is 5.75 Å². The van der Waals surface area contributed by atoms with Gasteiger partial charge in [0.2, 0.25) is 23.6 Å². The van der Waals surface area contributed by atoms with Gasteiger partial charge < -0.3 is 20.1 Å². The standard InChI is InChI=1S/C21H21BrN8O4/c1-13-5-6-16(15(22)11-13)24-19-25-20(27-21(26-19)29-7-9-34-10-8-29)28-23-12-14-3-2-4-17(18(14)31)30(32)33/h2-6,11-12,31H,7-10H2,1H3,(H2,24,25,26,27,28). The van der Waals surface area contributed by atoms with Gasteiger partial charge >= 0.3 is 5.69 Å². The van der Waals surface area contributed by atoms with Gasteiger partial charge in [-0.25, -0.2) is 5.43 Å². The normalized spacial score (nSPS) is 13.8. The molecular weight excluding hydrogens is 508 g/mol. The molecule has 1 aliphatic heterocycles. The molecule has 34 heavy (non-hydrogen) atoms. The molecule has 176 valence electrons. The minimum atomic E-state index is -0.665. The number of morpholine rings is 1. The van der Waals surface area contributed by atoms with Crippen LogP contribution < -0.4 is 15.6 Å². The van der Waals surface area contributed by atoms with Gasteiger partial charge in [0, 0.05) is 29.2 Å². The molecule has 0 saturated carbocycles. The van der Waals surface area contributed by atoms with Gasteiger partial charge in [0.05, 0.1) is 30.0 Å². The van der Waals surface area contributed by atoms with Crippen LogP contribution >= 0.6 is 15.9 Å². The Morgan fingerprint density at radius 1 is 1.21 bits per heavy atom. The molecule has 0 amide bonds. The number of halogens is 1. The number of benzene rings is 2. The Hall–Kier alpha value is -3.84. The van der Waals surface area contributed by atoms with E-state index in [2.05, 4.69) is 46.7 Å². The van der Waals surface area contributed by atoms with E-state index in [0.29, 0.717) is 38.2 Å². The summed E-state index contributed by atoms with van der Waals surface area (Å²) in [7, 11) is 0. The zero-order chi connectivity index (χ0) is 24.1. The molecule has 2 aromatic carbocycles. The van der Waals surface area contributed by atoms with Crippen molar-refractivity contribution in [2.45, 2.75) is 6.92 Å². The van der Waals surface area contributed by atoms with Crippen molar-refractivity contribution < 1.29 is 14.8 Å². The lowest BCUT2D eigenvalue weighted by Gasteiger charge is -2.27. The Morgan fingerprint density at radius 3 is 2.71 bits per heavy atom. The lowest BCUT2D eigenvalue weighted by molar-refractivity contribution is -0.385. The Morgan fingerprint density at radius 2 is 1.97 bits per heavy atom. The molecule has 0 unspecified atom stereocenters. The summed E-state index contributed by atoms with van der Waals surface area (Å²) in [5.74, 6) is 0.426. The maximum atomic E-state index is 11.0. The Balaban J connectivity index is 1.60. The number of aryl methyl sites for hydroxylation is 1. The predicted octanol–water partition coefficient (Wildman–Crippen LogP) is 3.58. The highest BCUT2D eigenvalue weighted by Gasteiger charge is 2.18. The maximum Gasteiger partial charge on any atom is 0.311 e. The van der Waals surface area contributed by atoms with Gasteiger partial charge in [0.25, 0.3) is 0 Å². The summed E-state index contributed by atoms with van der Waals surface area (Å²) in [5.41, 5.74) is 4.36. The third-order valence-corrected chi connectivity index (χ3v) is 5.56. The molecule has 2 heterocycles. The molecule has 0 spiro atoms. The predicted molar refractivity (Wildman–Crippen MR) is 131 cm³/mol. The minimum absolute atomic E-state index is 0.156. The first-order chi connectivity index (χ1) is 16.4. The van der Waals surface area contributed by atoms with Crippen LogP contribution in [-0.2, 0) is 4.74 Å². The molecule has 0 aliphatic carbocycles. The second kappa shape index (κ2) is 10.4. The van der Waals surface area contributed by atoms with Gasteiger partial charge in [-0.3, -0.25) is 10.1 Å². The van der Waals surface area contributed by atoms with E-state index in [1.165, 1.54) is 24.4 Å². The van der Waals surface area contributed by atoms with Crippen molar-refractivity contribution >= 4 is 51.4 Å². The number of phenolic OH excluding ortho intramolecular Hbond substituents is 1. The van der Waals surface area contributed by atoms with Crippen LogP contribution in [0.3, 0.4) is 0 Å². The highest BCUT2D eigenvalue weighted by molar-refractivity contribution is 9.10. The van der Waals surface area contributed by atoms with Gasteiger partial charge in [-0.15, -0.1) is 0 Å². The molecule has 3 aromatic rings. The van der Waals surface area contributed by atoms with E-state index in [1.807, 2.05) is 30.0 Å². The van der Waals surface area contributed by atoms with Crippen LogP contribution in [0, 0.1) is 17.0 Å². The lowest BCUT2D eigenvalue weighted by atomic mass is 10.2. The van der Waals surface area contributed by atoms with Gasteiger partial charge in [-0.05, 0) is 46.6 Å². The number of nitro benzene ring substituents is 1. The van der Waals surface area contributed by atoms with Crippen LogP contribution in [0.15, 0.2) is 46.0 Å². The van der Waals surface area contributed by atoms with Crippen LogP contribution in [-0.4, -0.2) is 57.5 Å². The molecule has 1 saturated heterocycles. The molecule has 4 rings (SSSR count). The first-order valence-corrected chi connectivity index (χ1v) is 11.1. The number of para-hydroxylation sites is 1. The molecule has 0 bridgehead atoms. The van der Waals surface area contributed by atoms with Crippen molar-refractivity contribution in [2.75, 3.05) is 41.9 Å². The Kier molecular flexibility index (Phi) is 7.13. The first kappa shape index (κ1) is 23.3. The zero-order valence-corrected chi connectivity index (χ0v) is 19.7. The van der Waals surface area contributed by atoms with Gasteiger partial charge in [0.1, 0.15) is 0 Å². The number of aromatic nitrogens is 3. The summed E-state index contributed by atoms with van der Waals surface area (Å²) in [4.78, 5) is 25.7. The van der Waals surface area contributed by atoms with Crippen molar-refractivity contribution in [1.82, 2.24) is 15.0 Å². The van der Waals surface area contributed by atoms with Crippen molar-refractivity contribution in [3.8, 4) is 5.75 Å². The summed E-state index contributed by atoms with van der Waals surface area (Å²) < 4.78 is 6.27. The van der Waals surface area contributed by atoms with Crippen molar-refractivity contribution in [2.24, 2.45) is 5.10 Å². The van der Waals surface area contributed by atoms with E-state index in [-0.39, 0.29) is 11.5 Å². The van der Waals surface area contributed by atoms with Gasteiger partial charge in [-0.2, -0.15) is 20.1 Å². The molecule has 3 N–H and O–H groups in total. The molecule has 1 aromatic heterocycles. The summed E-state index contributed by atoms with van der Waals surface area (Å²) in [6.45, 7) is 4.37.